The molecular formula is C15H23N. The summed E-state index contributed by atoms with van der Waals surface area (Å²) >= 11 is 0. The van der Waals surface area contributed by atoms with Gasteiger partial charge in [-0.15, -0.1) is 0 Å². The molecule has 1 heteroatoms. The third-order valence-electron chi connectivity index (χ3n) is 3.92. The first-order chi connectivity index (χ1) is 7.81. The third kappa shape index (κ3) is 2.65. The normalized spacial score (nSPS) is 27.6. The predicted molar refractivity (Wildman–Crippen MR) is 69.4 cm³/mol. The lowest BCUT2D eigenvalue weighted by molar-refractivity contribution is 0.230. The summed E-state index contributed by atoms with van der Waals surface area (Å²) in [6, 6.07) is 11.4. The van der Waals surface area contributed by atoms with Crippen molar-refractivity contribution in [3.63, 3.8) is 0 Å². The Labute approximate surface area is 99.3 Å². The van der Waals surface area contributed by atoms with Gasteiger partial charge in [0.05, 0.1) is 0 Å². The Morgan fingerprint density at radius 3 is 2.56 bits per heavy atom. The number of hydrogen-bond acceptors (Lipinski definition) is 1. The van der Waals surface area contributed by atoms with Crippen molar-refractivity contribution in [1.29, 1.82) is 0 Å². The molecule has 0 heterocycles. The van der Waals surface area contributed by atoms with Gasteiger partial charge in [-0.25, -0.2) is 0 Å². The molecule has 1 aliphatic rings. The highest BCUT2D eigenvalue weighted by molar-refractivity contribution is 5.19. The van der Waals surface area contributed by atoms with Crippen LogP contribution in [-0.2, 0) is 0 Å². The maximum atomic E-state index is 3.51. The minimum absolute atomic E-state index is 0.545. The Morgan fingerprint density at radius 2 is 1.94 bits per heavy atom. The molecule has 1 nitrogen and oxygen atoms in total. The molecule has 3 unspecified atom stereocenters. The Hall–Kier alpha value is -0.820. The van der Waals surface area contributed by atoms with Gasteiger partial charge in [0.2, 0.25) is 0 Å². The first-order valence-corrected chi connectivity index (χ1v) is 6.53. The van der Waals surface area contributed by atoms with Crippen LogP contribution in [0.25, 0.3) is 0 Å². The second-order valence-electron chi connectivity index (χ2n) is 5.21. The van der Waals surface area contributed by atoms with Crippen LogP contribution in [-0.4, -0.2) is 7.05 Å². The Morgan fingerprint density at radius 1 is 1.19 bits per heavy atom. The molecular weight excluding hydrogens is 194 g/mol. The molecule has 1 aromatic rings. The number of hydrogen-bond donors (Lipinski definition) is 1. The van der Waals surface area contributed by atoms with Crippen molar-refractivity contribution in [2.45, 2.75) is 38.6 Å². The summed E-state index contributed by atoms with van der Waals surface area (Å²) in [5.41, 5.74) is 1.45. The third-order valence-corrected chi connectivity index (χ3v) is 3.92. The Bertz CT molecular complexity index is 306. The molecule has 1 saturated carbocycles. The van der Waals surface area contributed by atoms with Gasteiger partial charge in [0, 0.05) is 6.04 Å². The van der Waals surface area contributed by atoms with E-state index in [0.717, 1.165) is 11.8 Å². The Kier molecular flexibility index (Phi) is 4.00. The molecule has 0 saturated heterocycles. The smallest absolute Gasteiger partial charge is 0.0346 e. The van der Waals surface area contributed by atoms with Gasteiger partial charge in [-0.3, -0.25) is 0 Å². The van der Waals surface area contributed by atoms with Crippen molar-refractivity contribution >= 4 is 0 Å². The van der Waals surface area contributed by atoms with Gasteiger partial charge in [0.25, 0.3) is 0 Å². The van der Waals surface area contributed by atoms with Crippen LogP contribution < -0.4 is 5.32 Å². The van der Waals surface area contributed by atoms with E-state index in [0.29, 0.717) is 6.04 Å². The summed E-state index contributed by atoms with van der Waals surface area (Å²) < 4.78 is 0. The molecule has 0 aliphatic heterocycles. The zero-order valence-corrected chi connectivity index (χ0v) is 10.4. The van der Waals surface area contributed by atoms with Gasteiger partial charge >= 0.3 is 0 Å². The van der Waals surface area contributed by atoms with Crippen LogP contribution in [0.15, 0.2) is 30.3 Å². The monoisotopic (exact) mass is 217 g/mol. The minimum atomic E-state index is 0.545. The van der Waals surface area contributed by atoms with E-state index in [1.807, 2.05) is 0 Å². The van der Waals surface area contributed by atoms with Crippen LogP contribution in [0.5, 0.6) is 0 Å². The zero-order valence-electron chi connectivity index (χ0n) is 10.4. The fraction of sp³-hybridized carbons (Fsp3) is 0.600. The topological polar surface area (TPSA) is 12.0 Å². The molecule has 0 aromatic heterocycles. The maximum absolute atomic E-state index is 3.51. The van der Waals surface area contributed by atoms with Crippen LogP contribution >= 0.6 is 0 Å². The maximum Gasteiger partial charge on any atom is 0.0346 e. The van der Waals surface area contributed by atoms with Crippen molar-refractivity contribution in [2.75, 3.05) is 7.05 Å². The average Bonchev–Trinajstić information content (AvgIpc) is 2.31. The molecule has 1 N–H and O–H groups in total. The molecule has 1 aliphatic carbocycles. The van der Waals surface area contributed by atoms with Gasteiger partial charge in [-0.2, -0.15) is 0 Å². The summed E-state index contributed by atoms with van der Waals surface area (Å²) in [6.45, 7) is 2.39. The molecule has 1 fully saturated rings. The summed E-state index contributed by atoms with van der Waals surface area (Å²) in [7, 11) is 2.09. The fourth-order valence-corrected chi connectivity index (χ4v) is 3.12. The molecule has 2 rings (SSSR count). The summed E-state index contributed by atoms with van der Waals surface area (Å²) in [5, 5.41) is 3.51. The predicted octanol–water partition coefficient (Wildman–Crippen LogP) is 3.77. The molecule has 0 radical (unpaired) electrons. The van der Waals surface area contributed by atoms with E-state index in [-0.39, 0.29) is 0 Å². The zero-order chi connectivity index (χ0) is 11.4. The van der Waals surface area contributed by atoms with E-state index in [4.69, 9.17) is 0 Å². The number of rotatable bonds is 3. The molecule has 16 heavy (non-hydrogen) atoms. The summed E-state index contributed by atoms with van der Waals surface area (Å²) in [5.74, 6) is 1.72. The molecule has 3 atom stereocenters. The molecule has 1 aromatic carbocycles. The standard InChI is InChI=1S/C15H23N/c1-12-7-6-10-14(11-12)15(16-2)13-8-4-3-5-9-13/h3-5,8-9,12,14-16H,6-7,10-11H2,1-2H3. The van der Waals surface area contributed by atoms with Crippen molar-refractivity contribution < 1.29 is 0 Å². The van der Waals surface area contributed by atoms with Crippen LogP contribution in [0.2, 0.25) is 0 Å². The van der Waals surface area contributed by atoms with Crippen molar-refractivity contribution in [1.82, 2.24) is 5.32 Å². The van der Waals surface area contributed by atoms with E-state index in [1.54, 1.807) is 0 Å². The highest BCUT2D eigenvalue weighted by atomic mass is 14.9. The summed E-state index contributed by atoms with van der Waals surface area (Å²) in [4.78, 5) is 0. The largest absolute Gasteiger partial charge is 0.313 e. The highest BCUT2D eigenvalue weighted by Gasteiger charge is 2.26. The van der Waals surface area contributed by atoms with E-state index in [9.17, 15) is 0 Å². The van der Waals surface area contributed by atoms with E-state index >= 15 is 0 Å². The second-order valence-corrected chi connectivity index (χ2v) is 5.21. The van der Waals surface area contributed by atoms with Gasteiger partial charge < -0.3 is 5.32 Å². The first kappa shape index (κ1) is 11.7. The lowest BCUT2D eigenvalue weighted by atomic mass is 9.77. The summed E-state index contributed by atoms with van der Waals surface area (Å²) in [6.07, 6.45) is 5.57. The van der Waals surface area contributed by atoms with Gasteiger partial charge in [0.15, 0.2) is 0 Å². The van der Waals surface area contributed by atoms with E-state index in [2.05, 4.69) is 49.6 Å². The first-order valence-electron chi connectivity index (χ1n) is 6.53. The van der Waals surface area contributed by atoms with Crippen LogP contribution in [0, 0.1) is 11.8 Å². The van der Waals surface area contributed by atoms with Crippen molar-refractivity contribution in [3.05, 3.63) is 35.9 Å². The number of benzene rings is 1. The van der Waals surface area contributed by atoms with Crippen molar-refractivity contribution in [3.8, 4) is 0 Å². The molecule has 88 valence electrons. The molecule has 0 bridgehead atoms. The second kappa shape index (κ2) is 5.49. The van der Waals surface area contributed by atoms with Crippen LogP contribution in [0.4, 0.5) is 0 Å². The van der Waals surface area contributed by atoms with Crippen molar-refractivity contribution in [2.24, 2.45) is 11.8 Å². The molecule has 0 spiro atoms. The lowest BCUT2D eigenvalue weighted by Crippen LogP contribution is -2.28. The SMILES string of the molecule is CNC(c1ccccc1)C1CCCC(C)C1. The quantitative estimate of drug-likeness (QED) is 0.812. The van der Waals surface area contributed by atoms with Gasteiger partial charge in [-0.1, -0.05) is 50.1 Å². The fourth-order valence-electron chi connectivity index (χ4n) is 3.12. The van der Waals surface area contributed by atoms with Gasteiger partial charge in [-0.05, 0) is 37.3 Å². The van der Waals surface area contributed by atoms with E-state index in [1.165, 1.54) is 31.2 Å². The number of nitrogens with one attached hydrogen (secondary N) is 1. The lowest BCUT2D eigenvalue weighted by Gasteiger charge is -2.33. The average molecular weight is 217 g/mol. The van der Waals surface area contributed by atoms with Crippen LogP contribution in [0.1, 0.15) is 44.2 Å². The van der Waals surface area contributed by atoms with Crippen LogP contribution in [0.3, 0.4) is 0 Å². The Balaban J connectivity index is 2.10. The minimum Gasteiger partial charge on any atom is -0.313 e. The van der Waals surface area contributed by atoms with Gasteiger partial charge in [0.1, 0.15) is 0 Å². The molecule has 0 amide bonds. The highest BCUT2D eigenvalue weighted by Crippen LogP contribution is 2.36. The van der Waals surface area contributed by atoms with E-state index < -0.39 is 0 Å².